The molecule has 1 spiro atoms. The first-order valence-corrected chi connectivity index (χ1v) is 9.60. The van der Waals surface area contributed by atoms with Crippen LogP contribution in [0.3, 0.4) is 0 Å². The van der Waals surface area contributed by atoms with Crippen molar-refractivity contribution in [1.29, 1.82) is 0 Å². The summed E-state index contributed by atoms with van der Waals surface area (Å²) < 4.78 is 6.62. The van der Waals surface area contributed by atoms with Crippen molar-refractivity contribution in [3.63, 3.8) is 0 Å². The zero-order chi connectivity index (χ0) is 17.9. The Bertz CT molecular complexity index is 868. The topological polar surface area (TPSA) is 69.9 Å². The number of fused-ring (bicyclic) bond motifs is 4. The van der Waals surface area contributed by atoms with Crippen LogP contribution in [-0.2, 0) is 11.0 Å². The molecule has 3 N–H and O–H groups in total. The van der Waals surface area contributed by atoms with E-state index in [1.165, 1.54) is 24.5 Å². The van der Waals surface area contributed by atoms with E-state index < -0.39 is 5.60 Å². The van der Waals surface area contributed by atoms with Crippen LogP contribution in [0.1, 0.15) is 56.1 Å². The van der Waals surface area contributed by atoms with Crippen molar-refractivity contribution in [2.24, 2.45) is 5.92 Å². The van der Waals surface area contributed by atoms with Crippen molar-refractivity contribution in [2.75, 3.05) is 0 Å². The lowest BCUT2D eigenvalue weighted by Gasteiger charge is -2.51. The summed E-state index contributed by atoms with van der Waals surface area (Å²) in [6.45, 7) is 0. The Balaban J connectivity index is 1.76. The standard InChI is InChI=1S/C22H24O4/c23-14-5-7-16(18(25)12-14)22-11-3-4-20(22)21(9-1-2-10-21)17-8-6-15(24)13-19(17)26-22/h5-8,12-13,20,23-25H,1-4,9-11H2/t20-,22-/m1/s1. The minimum absolute atomic E-state index is 0.0438. The Morgan fingerprint density at radius 1 is 0.808 bits per heavy atom. The summed E-state index contributed by atoms with van der Waals surface area (Å²) in [4.78, 5) is 0. The first-order chi connectivity index (χ1) is 12.6. The third kappa shape index (κ3) is 1.96. The van der Waals surface area contributed by atoms with Gasteiger partial charge in [0.15, 0.2) is 0 Å². The fraction of sp³-hybridized carbons (Fsp3) is 0.455. The average molecular weight is 352 g/mol. The highest BCUT2D eigenvalue weighted by Gasteiger charge is 2.61. The summed E-state index contributed by atoms with van der Waals surface area (Å²) in [5, 5.41) is 30.4. The van der Waals surface area contributed by atoms with Gasteiger partial charge in [0, 0.05) is 34.6 Å². The first kappa shape index (κ1) is 15.9. The number of ether oxygens (including phenoxy) is 1. The van der Waals surface area contributed by atoms with Crippen LogP contribution < -0.4 is 4.74 Å². The summed E-state index contributed by atoms with van der Waals surface area (Å²) in [6, 6.07) is 10.4. The fourth-order valence-corrected chi connectivity index (χ4v) is 6.09. The molecule has 4 nitrogen and oxygen atoms in total. The molecule has 3 aliphatic rings. The molecule has 1 heterocycles. The number of benzene rings is 2. The Kier molecular flexibility index (Phi) is 3.25. The Morgan fingerprint density at radius 3 is 2.23 bits per heavy atom. The van der Waals surface area contributed by atoms with E-state index in [1.54, 1.807) is 24.3 Å². The molecule has 2 aromatic rings. The lowest BCUT2D eigenvalue weighted by atomic mass is 9.60. The van der Waals surface area contributed by atoms with E-state index >= 15 is 0 Å². The maximum atomic E-state index is 10.6. The molecule has 2 saturated carbocycles. The maximum absolute atomic E-state index is 10.6. The SMILES string of the molecule is Oc1ccc([C@]23CCC[C@@H]2C2(CCCC2)c2ccc(O)cc2O3)c(O)c1. The smallest absolute Gasteiger partial charge is 0.141 e. The third-order valence-electron chi connectivity index (χ3n) is 7.00. The second kappa shape index (κ2) is 5.32. The molecule has 1 aliphatic heterocycles. The van der Waals surface area contributed by atoms with E-state index in [2.05, 4.69) is 0 Å². The molecule has 2 aliphatic carbocycles. The van der Waals surface area contributed by atoms with Crippen LogP contribution >= 0.6 is 0 Å². The molecule has 4 heteroatoms. The molecule has 5 rings (SSSR count). The summed E-state index contributed by atoms with van der Waals surface area (Å²) in [5.74, 6) is 1.40. The predicted molar refractivity (Wildman–Crippen MR) is 97.7 cm³/mol. The molecule has 0 saturated heterocycles. The number of aromatic hydroxyl groups is 3. The second-order valence-electron chi connectivity index (χ2n) is 8.18. The van der Waals surface area contributed by atoms with Crippen molar-refractivity contribution in [1.82, 2.24) is 0 Å². The van der Waals surface area contributed by atoms with E-state index in [-0.39, 0.29) is 22.7 Å². The average Bonchev–Trinajstić information content (AvgIpc) is 3.23. The van der Waals surface area contributed by atoms with Crippen molar-refractivity contribution < 1.29 is 20.1 Å². The van der Waals surface area contributed by atoms with Gasteiger partial charge in [-0.2, -0.15) is 0 Å². The zero-order valence-electron chi connectivity index (χ0n) is 14.7. The highest BCUT2D eigenvalue weighted by molar-refractivity contribution is 5.53. The Morgan fingerprint density at radius 2 is 1.50 bits per heavy atom. The van der Waals surface area contributed by atoms with E-state index in [9.17, 15) is 15.3 Å². The molecular formula is C22H24O4. The minimum atomic E-state index is -0.594. The van der Waals surface area contributed by atoms with Gasteiger partial charge in [0.25, 0.3) is 0 Å². The molecule has 0 amide bonds. The van der Waals surface area contributed by atoms with E-state index in [0.717, 1.165) is 43.4 Å². The van der Waals surface area contributed by atoms with Gasteiger partial charge < -0.3 is 20.1 Å². The van der Waals surface area contributed by atoms with Crippen molar-refractivity contribution in [3.8, 4) is 23.0 Å². The number of hydrogen-bond donors (Lipinski definition) is 3. The Labute approximate surface area is 153 Å². The molecule has 0 radical (unpaired) electrons. The summed E-state index contributed by atoms with van der Waals surface area (Å²) in [6.07, 6.45) is 7.61. The molecule has 0 unspecified atom stereocenters. The fourth-order valence-electron chi connectivity index (χ4n) is 6.09. The molecule has 0 bridgehead atoms. The maximum Gasteiger partial charge on any atom is 0.141 e. The summed E-state index contributed by atoms with van der Waals surface area (Å²) in [5.41, 5.74) is 1.43. The molecule has 26 heavy (non-hydrogen) atoms. The van der Waals surface area contributed by atoms with Gasteiger partial charge in [0.05, 0.1) is 0 Å². The summed E-state index contributed by atoms with van der Waals surface area (Å²) in [7, 11) is 0. The van der Waals surface area contributed by atoms with Crippen LogP contribution in [0.4, 0.5) is 0 Å². The summed E-state index contributed by atoms with van der Waals surface area (Å²) >= 11 is 0. The molecule has 2 aromatic carbocycles. The van der Waals surface area contributed by atoms with Crippen molar-refractivity contribution in [2.45, 2.75) is 56.0 Å². The Hall–Kier alpha value is -2.36. The van der Waals surface area contributed by atoms with Gasteiger partial charge in [-0.15, -0.1) is 0 Å². The van der Waals surface area contributed by atoms with Crippen LogP contribution in [0.5, 0.6) is 23.0 Å². The van der Waals surface area contributed by atoms with Crippen LogP contribution in [0.2, 0.25) is 0 Å². The normalized spacial score (nSPS) is 28.5. The quantitative estimate of drug-likeness (QED) is 0.695. The van der Waals surface area contributed by atoms with Crippen LogP contribution in [0, 0.1) is 5.92 Å². The highest BCUT2D eigenvalue weighted by atomic mass is 16.5. The van der Waals surface area contributed by atoms with Crippen molar-refractivity contribution >= 4 is 0 Å². The van der Waals surface area contributed by atoms with Crippen LogP contribution in [0.15, 0.2) is 36.4 Å². The van der Waals surface area contributed by atoms with E-state index in [4.69, 9.17) is 4.74 Å². The molecule has 0 aromatic heterocycles. The van der Waals surface area contributed by atoms with Gasteiger partial charge in [0.1, 0.15) is 28.6 Å². The zero-order valence-corrected chi connectivity index (χ0v) is 14.7. The predicted octanol–water partition coefficient (Wildman–Crippen LogP) is 4.70. The number of rotatable bonds is 1. The van der Waals surface area contributed by atoms with Gasteiger partial charge in [-0.05, 0) is 50.3 Å². The largest absolute Gasteiger partial charge is 0.508 e. The van der Waals surface area contributed by atoms with Gasteiger partial charge in [-0.1, -0.05) is 18.9 Å². The minimum Gasteiger partial charge on any atom is -0.508 e. The lowest BCUT2D eigenvalue weighted by Crippen LogP contribution is -2.51. The third-order valence-corrected chi connectivity index (χ3v) is 7.00. The molecule has 2 atom stereocenters. The number of phenolic OH excluding ortho intramolecular Hbond substituents is 3. The van der Waals surface area contributed by atoms with Crippen LogP contribution in [0.25, 0.3) is 0 Å². The van der Waals surface area contributed by atoms with E-state index in [1.807, 2.05) is 6.07 Å². The second-order valence-corrected chi connectivity index (χ2v) is 8.18. The number of hydrogen-bond acceptors (Lipinski definition) is 4. The monoisotopic (exact) mass is 352 g/mol. The molecule has 2 fully saturated rings. The molecule has 136 valence electrons. The first-order valence-electron chi connectivity index (χ1n) is 9.60. The molecular weight excluding hydrogens is 328 g/mol. The van der Waals surface area contributed by atoms with Gasteiger partial charge >= 0.3 is 0 Å². The number of phenols is 3. The van der Waals surface area contributed by atoms with Gasteiger partial charge in [0.2, 0.25) is 0 Å². The van der Waals surface area contributed by atoms with Crippen molar-refractivity contribution in [3.05, 3.63) is 47.5 Å². The van der Waals surface area contributed by atoms with Crippen LogP contribution in [-0.4, -0.2) is 15.3 Å². The lowest BCUT2D eigenvalue weighted by molar-refractivity contribution is -0.0365. The van der Waals surface area contributed by atoms with Gasteiger partial charge in [-0.3, -0.25) is 0 Å². The van der Waals surface area contributed by atoms with E-state index in [0.29, 0.717) is 5.92 Å². The van der Waals surface area contributed by atoms with Gasteiger partial charge in [-0.25, -0.2) is 0 Å². The highest BCUT2D eigenvalue weighted by Crippen LogP contribution is 2.65.